The van der Waals surface area contributed by atoms with Gasteiger partial charge in [-0.15, -0.1) is 0 Å². The molecule has 2 rings (SSSR count). The summed E-state index contributed by atoms with van der Waals surface area (Å²) in [5, 5.41) is 9.13. The normalized spacial score (nSPS) is 15.2. The fraction of sp³-hybridized carbons (Fsp3) is 0.533. The van der Waals surface area contributed by atoms with Gasteiger partial charge in [0, 0.05) is 10.0 Å². The second-order valence-electron chi connectivity index (χ2n) is 5.37. The molecule has 1 heterocycles. The number of carboxylic acids is 1. The maximum Gasteiger partial charge on any atom is 0.306 e. The van der Waals surface area contributed by atoms with Crippen molar-refractivity contribution in [3.8, 4) is 11.5 Å². The van der Waals surface area contributed by atoms with E-state index in [1.54, 1.807) is 6.92 Å². The van der Waals surface area contributed by atoms with Crippen molar-refractivity contribution in [3.63, 3.8) is 0 Å². The molecule has 110 valence electrons. The molecule has 0 fully saturated rings. The third-order valence-corrected chi connectivity index (χ3v) is 4.14. The molecule has 0 amide bonds. The molecule has 0 aromatic heterocycles. The van der Waals surface area contributed by atoms with E-state index in [9.17, 15) is 4.79 Å². The van der Waals surface area contributed by atoms with Gasteiger partial charge in [-0.2, -0.15) is 0 Å². The first-order chi connectivity index (χ1) is 9.41. The fourth-order valence-electron chi connectivity index (χ4n) is 2.43. The number of hydrogen-bond donors (Lipinski definition) is 1. The zero-order valence-electron chi connectivity index (χ0n) is 11.9. The van der Waals surface area contributed by atoms with Crippen LogP contribution in [0.2, 0.25) is 0 Å². The average molecular weight is 343 g/mol. The van der Waals surface area contributed by atoms with Gasteiger partial charge < -0.3 is 14.6 Å². The average Bonchev–Trinajstić information content (AvgIpc) is 2.38. The molecule has 1 aliphatic rings. The van der Waals surface area contributed by atoms with Crippen LogP contribution in [0.5, 0.6) is 11.5 Å². The number of rotatable bonds is 4. The lowest BCUT2D eigenvalue weighted by Crippen LogP contribution is -2.19. The molecular formula is C15H19BrO4. The van der Waals surface area contributed by atoms with Crippen molar-refractivity contribution in [1.82, 2.24) is 0 Å². The van der Waals surface area contributed by atoms with Crippen LogP contribution >= 0.6 is 15.9 Å². The molecule has 1 aliphatic heterocycles. The number of carboxylic acid groups (broad SMARTS) is 1. The molecule has 0 radical (unpaired) electrons. The summed E-state index contributed by atoms with van der Waals surface area (Å²) in [6.07, 6.45) is 0.472. The third kappa shape index (κ3) is 2.92. The molecule has 1 atom stereocenters. The monoisotopic (exact) mass is 342 g/mol. The van der Waals surface area contributed by atoms with E-state index in [-0.39, 0.29) is 5.92 Å². The summed E-state index contributed by atoms with van der Waals surface area (Å²) in [6.45, 7) is 6.95. The maximum atomic E-state index is 11.1. The van der Waals surface area contributed by atoms with Gasteiger partial charge in [0.25, 0.3) is 0 Å². The van der Waals surface area contributed by atoms with E-state index in [0.717, 1.165) is 27.1 Å². The predicted molar refractivity (Wildman–Crippen MR) is 79.7 cm³/mol. The summed E-state index contributed by atoms with van der Waals surface area (Å²) < 4.78 is 12.3. The standard InChI is InChI=1S/C15H19BrO4/c1-8(2)13-10(6-9(3)15(17)18)11(16)7-12-14(13)20-5-4-19-12/h7-9H,4-6H2,1-3H3,(H,17,18). The van der Waals surface area contributed by atoms with Crippen molar-refractivity contribution < 1.29 is 19.4 Å². The number of aliphatic carboxylic acids is 1. The highest BCUT2D eigenvalue weighted by molar-refractivity contribution is 9.10. The molecule has 0 aliphatic carbocycles. The van der Waals surface area contributed by atoms with Crippen molar-refractivity contribution in [3.05, 3.63) is 21.7 Å². The number of fused-ring (bicyclic) bond motifs is 1. The lowest BCUT2D eigenvalue weighted by atomic mass is 9.90. The van der Waals surface area contributed by atoms with Crippen LogP contribution in [0.4, 0.5) is 0 Å². The molecule has 1 N–H and O–H groups in total. The summed E-state index contributed by atoms with van der Waals surface area (Å²) in [6, 6.07) is 1.88. The molecule has 5 heteroatoms. The number of carbonyl (C=O) groups is 1. The van der Waals surface area contributed by atoms with E-state index in [1.165, 1.54) is 0 Å². The molecule has 1 aromatic carbocycles. The Hall–Kier alpha value is -1.23. The molecule has 0 saturated carbocycles. The number of hydrogen-bond acceptors (Lipinski definition) is 3. The highest BCUT2D eigenvalue weighted by atomic mass is 79.9. The van der Waals surface area contributed by atoms with Gasteiger partial charge in [0.1, 0.15) is 13.2 Å². The smallest absolute Gasteiger partial charge is 0.306 e. The summed E-state index contributed by atoms with van der Waals surface area (Å²) in [5.74, 6) is 0.507. The molecule has 0 saturated heterocycles. The molecule has 4 nitrogen and oxygen atoms in total. The summed E-state index contributed by atoms with van der Waals surface area (Å²) in [7, 11) is 0. The van der Waals surface area contributed by atoms with Crippen molar-refractivity contribution in [1.29, 1.82) is 0 Å². The molecule has 1 unspecified atom stereocenters. The highest BCUT2D eigenvalue weighted by Gasteiger charge is 2.26. The van der Waals surface area contributed by atoms with Gasteiger partial charge in [0.2, 0.25) is 0 Å². The predicted octanol–water partition coefficient (Wildman–Crippen LogP) is 3.61. The Morgan fingerprint density at radius 3 is 2.60 bits per heavy atom. The fourth-order valence-corrected chi connectivity index (χ4v) is 3.01. The Kier molecular flexibility index (Phi) is 4.58. The van der Waals surface area contributed by atoms with Gasteiger partial charge in [0.05, 0.1) is 5.92 Å². The molecule has 0 spiro atoms. The van der Waals surface area contributed by atoms with E-state index in [1.807, 2.05) is 6.07 Å². The highest BCUT2D eigenvalue weighted by Crippen LogP contribution is 2.44. The molecule has 20 heavy (non-hydrogen) atoms. The number of halogens is 1. The van der Waals surface area contributed by atoms with E-state index >= 15 is 0 Å². The van der Waals surface area contributed by atoms with Crippen LogP contribution in [0.25, 0.3) is 0 Å². The minimum absolute atomic E-state index is 0.235. The lowest BCUT2D eigenvalue weighted by Gasteiger charge is -2.26. The quantitative estimate of drug-likeness (QED) is 0.907. The maximum absolute atomic E-state index is 11.1. The molecular weight excluding hydrogens is 324 g/mol. The van der Waals surface area contributed by atoms with Crippen LogP contribution in [0, 0.1) is 5.92 Å². The van der Waals surface area contributed by atoms with Crippen LogP contribution in [-0.4, -0.2) is 24.3 Å². The van der Waals surface area contributed by atoms with Crippen molar-refractivity contribution in [2.45, 2.75) is 33.1 Å². The lowest BCUT2D eigenvalue weighted by molar-refractivity contribution is -0.141. The first-order valence-corrected chi connectivity index (χ1v) is 7.54. The van der Waals surface area contributed by atoms with Crippen LogP contribution < -0.4 is 9.47 Å². The van der Waals surface area contributed by atoms with Crippen LogP contribution in [0.15, 0.2) is 10.5 Å². The zero-order chi connectivity index (χ0) is 14.9. The van der Waals surface area contributed by atoms with Crippen LogP contribution in [-0.2, 0) is 11.2 Å². The van der Waals surface area contributed by atoms with Crippen molar-refractivity contribution >= 4 is 21.9 Å². The van der Waals surface area contributed by atoms with Gasteiger partial charge >= 0.3 is 5.97 Å². The Labute approximate surface area is 127 Å². The number of benzene rings is 1. The summed E-state index contributed by atoms with van der Waals surface area (Å²) >= 11 is 3.54. The number of ether oxygens (including phenoxy) is 2. The SMILES string of the molecule is CC(Cc1c(Br)cc2c(c1C(C)C)OCCO2)C(=O)O. The van der Waals surface area contributed by atoms with Gasteiger partial charge in [0.15, 0.2) is 11.5 Å². The summed E-state index contributed by atoms with van der Waals surface area (Å²) in [5.41, 5.74) is 2.04. The summed E-state index contributed by atoms with van der Waals surface area (Å²) in [4.78, 5) is 11.1. The second-order valence-corrected chi connectivity index (χ2v) is 6.23. The van der Waals surface area contributed by atoms with Crippen LogP contribution in [0.1, 0.15) is 37.8 Å². The minimum atomic E-state index is -0.790. The topological polar surface area (TPSA) is 55.8 Å². The van der Waals surface area contributed by atoms with E-state index in [0.29, 0.717) is 19.6 Å². The van der Waals surface area contributed by atoms with Gasteiger partial charge in [-0.05, 0) is 24.0 Å². The van der Waals surface area contributed by atoms with Crippen LogP contribution in [0.3, 0.4) is 0 Å². The van der Waals surface area contributed by atoms with E-state index in [4.69, 9.17) is 14.6 Å². The van der Waals surface area contributed by atoms with Gasteiger partial charge in [-0.3, -0.25) is 4.79 Å². The first-order valence-electron chi connectivity index (χ1n) is 6.75. The van der Waals surface area contributed by atoms with Gasteiger partial charge in [-0.25, -0.2) is 0 Å². The van der Waals surface area contributed by atoms with E-state index in [2.05, 4.69) is 29.8 Å². The Morgan fingerprint density at radius 1 is 1.35 bits per heavy atom. The Bertz CT molecular complexity index is 525. The minimum Gasteiger partial charge on any atom is -0.486 e. The molecule has 1 aromatic rings. The van der Waals surface area contributed by atoms with Gasteiger partial charge in [-0.1, -0.05) is 36.7 Å². The first kappa shape index (κ1) is 15.2. The van der Waals surface area contributed by atoms with E-state index < -0.39 is 11.9 Å². The molecule has 0 bridgehead atoms. The second kappa shape index (κ2) is 6.04. The van der Waals surface area contributed by atoms with Crippen molar-refractivity contribution in [2.75, 3.05) is 13.2 Å². The zero-order valence-corrected chi connectivity index (χ0v) is 13.5. The van der Waals surface area contributed by atoms with Crippen molar-refractivity contribution in [2.24, 2.45) is 5.92 Å². The Balaban J connectivity index is 2.51. The Morgan fingerprint density at radius 2 is 2.00 bits per heavy atom. The largest absolute Gasteiger partial charge is 0.486 e. The third-order valence-electron chi connectivity index (χ3n) is 3.44.